The maximum Gasteiger partial charge on any atom is 0.218 e. The van der Waals surface area contributed by atoms with Gasteiger partial charge in [0.2, 0.25) is 6.29 Å². The van der Waals surface area contributed by atoms with Crippen LogP contribution in [0.2, 0.25) is 0 Å². The van der Waals surface area contributed by atoms with Crippen molar-refractivity contribution in [2.75, 3.05) is 0 Å². The van der Waals surface area contributed by atoms with Crippen LogP contribution in [0.1, 0.15) is 27.7 Å². The summed E-state index contributed by atoms with van der Waals surface area (Å²) in [6.45, 7) is 8.48. The molecule has 0 bridgehead atoms. The lowest BCUT2D eigenvalue weighted by Crippen LogP contribution is -2.43. The highest BCUT2D eigenvalue weighted by molar-refractivity contribution is 5.35. The Kier molecular flexibility index (Phi) is 4.37. The predicted octanol–water partition coefficient (Wildman–Crippen LogP) is 4.10. The molecule has 0 unspecified atom stereocenters. The van der Waals surface area contributed by atoms with Crippen LogP contribution in [0.4, 0.5) is 10.1 Å². The van der Waals surface area contributed by atoms with E-state index in [4.69, 9.17) is 0 Å². The van der Waals surface area contributed by atoms with Crippen LogP contribution in [0.3, 0.4) is 0 Å². The first-order valence-corrected chi connectivity index (χ1v) is 6.88. The van der Waals surface area contributed by atoms with Crippen LogP contribution in [0.5, 0.6) is 0 Å². The zero-order chi connectivity index (χ0) is 14.7. The summed E-state index contributed by atoms with van der Waals surface area (Å²) in [5.74, 6) is -0.265. The molecule has 0 aromatic heterocycles. The van der Waals surface area contributed by atoms with E-state index in [0.29, 0.717) is 17.8 Å². The first-order chi connectivity index (χ1) is 9.49. The largest absolute Gasteiger partial charge is 0.334 e. The van der Waals surface area contributed by atoms with Gasteiger partial charge in [-0.05, 0) is 52.0 Å². The van der Waals surface area contributed by atoms with Gasteiger partial charge in [0, 0.05) is 24.5 Å². The zero-order valence-electron chi connectivity index (χ0n) is 12.4. The lowest BCUT2D eigenvalue weighted by molar-refractivity contribution is 0.107. The summed E-state index contributed by atoms with van der Waals surface area (Å²) in [6.07, 6.45) is 3.94. The summed E-state index contributed by atoms with van der Waals surface area (Å²) in [4.78, 5) is 4.29. The fourth-order valence-electron chi connectivity index (χ4n) is 2.08. The second-order valence-corrected chi connectivity index (χ2v) is 5.42. The van der Waals surface area contributed by atoms with Gasteiger partial charge in [-0.1, -0.05) is 0 Å². The average molecular weight is 276 g/mol. The molecule has 108 valence electrons. The van der Waals surface area contributed by atoms with Crippen LogP contribution in [-0.2, 0) is 0 Å². The Morgan fingerprint density at radius 3 is 1.90 bits per heavy atom. The van der Waals surface area contributed by atoms with Gasteiger partial charge in [-0.15, -0.1) is 5.11 Å². The maximum atomic E-state index is 12.9. The number of benzene rings is 1. The number of rotatable bonds is 4. The summed E-state index contributed by atoms with van der Waals surface area (Å²) in [7, 11) is 0. The molecule has 1 aromatic carbocycles. The molecule has 0 amide bonds. The Labute approximate surface area is 119 Å². The van der Waals surface area contributed by atoms with Gasteiger partial charge in [0.05, 0.1) is 5.69 Å². The Morgan fingerprint density at radius 2 is 1.45 bits per heavy atom. The minimum Gasteiger partial charge on any atom is -0.334 e. The topological polar surface area (TPSA) is 31.2 Å². The van der Waals surface area contributed by atoms with E-state index in [2.05, 4.69) is 47.7 Å². The highest BCUT2D eigenvalue weighted by Gasteiger charge is 2.29. The minimum absolute atomic E-state index is 0.139. The molecule has 0 spiro atoms. The molecule has 1 aliphatic heterocycles. The van der Waals surface area contributed by atoms with Gasteiger partial charge >= 0.3 is 0 Å². The fourth-order valence-corrected chi connectivity index (χ4v) is 2.08. The van der Waals surface area contributed by atoms with Gasteiger partial charge in [0.15, 0.2) is 0 Å². The van der Waals surface area contributed by atoms with Crippen LogP contribution in [-0.4, -0.2) is 28.2 Å². The highest BCUT2D eigenvalue weighted by atomic mass is 19.1. The van der Waals surface area contributed by atoms with Gasteiger partial charge in [-0.2, -0.15) is 5.11 Å². The van der Waals surface area contributed by atoms with Gasteiger partial charge in [0.1, 0.15) is 5.82 Å². The zero-order valence-corrected chi connectivity index (χ0v) is 12.4. The highest BCUT2D eigenvalue weighted by Crippen LogP contribution is 2.24. The number of hydrogen-bond donors (Lipinski definition) is 0. The summed E-state index contributed by atoms with van der Waals surface area (Å²) in [5.41, 5.74) is 0.658. The van der Waals surface area contributed by atoms with Gasteiger partial charge in [0.25, 0.3) is 0 Å². The molecule has 0 aliphatic carbocycles. The second-order valence-electron chi connectivity index (χ2n) is 5.42. The molecular weight excluding hydrogens is 255 g/mol. The van der Waals surface area contributed by atoms with Crippen LogP contribution in [0.25, 0.3) is 0 Å². The van der Waals surface area contributed by atoms with E-state index in [9.17, 15) is 4.39 Å². The monoisotopic (exact) mass is 276 g/mol. The third kappa shape index (κ3) is 3.15. The normalized spacial score (nSPS) is 16.4. The molecule has 2 rings (SSSR count). The molecule has 5 heteroatoms. The maximum absolute atomic E-state index is 12.9. The van der Waals surface area contributed by atoms with Crippen molar-refractivity contribution in [1.29, 1.82) is 0 Å². The Hall–Kier alpha value is -1.91. The first-order valence-electron chi connectivity index (χ1n) is 6.88. The molecule has 0 saturated carbocycles. The van der Waals surface area contributed by atoms with Crippen molar-refractivity contribution >= 4 is 5.69 Å². The van der Waals surface area contributed by atoms with E-state index in [0.717, 1.165) is 0 Å². The first kappa shape index (κ1) is 14.5. The number of halogens is 1. The van der Waals surface area contributed by atoms with E-state index < -0.39 is 0 Å². The van der Waals surface area contributed by atoms with Crippen LogP contribution in [0.15, 0.2) is 46.9 Å². The summed E-state index contributed by atoms with van der Waals surface area (Å²) in [5, 5.41) is 8.65. The van der Waals surface area contributed by atoms with E-state index in [1.54, 1.807) is 12.1 Å². The molecule has 20 heavy (non-hydrogen) atoms. The number of hydrogen-bond acceptors (Lipinski definition) is 4. The van der Waals surface area contributed by atoms with Gasteiger partial charge in [-0.3, -0.25) is 0 Å². The standard InChI is InChI=1S/C15H21FN4/c1-11(2)19-9-10-20(12(3)4)15(19)18-17-14-7-5-13(16)6-8-14/h5-12,15H,1-4H3. The molecule has 0 N–H and O–H groups in total. The third-order valence-electron chi connectivity index (χ3n) is 3.24. The van der Waals surface area contributed by atoms with E-state index in [1.165, 1.54) is 12.1 Å². The van der Waals surface area contributed by atoms with E-state index >= 15 is 0 Å². The summed E-state index contributed by atoms with van der Waals surface area (Å²) < 4.78 is 12.9. The van der Waals surface area contributed by atoms with Gasteiger partial charge < -0.3 is 9.80 Å². The van der Waals surface area contributed by atoms with Crippen LogP contribution >= 0.6 is 0 Å². The van der Waals surface area contributed by atoms with E-state index in [-0.39, 0.29) is 12.1 Å². The summed E-state index contributed by atoms with van der Waals surface area (Å²) >= 11 is 0. The Morgan fingerprint density at radius 1 is 0.950 bits per heavy atom. The molecule has 4 nitrogen and oxygen atoms in total. The quantitative estimate of drug-likeness (QED) is 0.775. The van der Waals surface area contributed by atoms with Crippen molar-refractivity contribution in [3.8, 4) is 0 Å². The summed E-state index contributed by atoms with van der Waals surface area (Å²) in [6, 6.07) is 6.71. The second kappa shape index (κ2) is 6.03. The molecule has 1 aliphatic rings. The fraction of sp³-hybridized carbons (Fsp3) is 0.467. The molecule has 1 heterocycles. The third-order valence-corrected chi connectivity index (χ3v) is 3.24. The molecule has 0 radical (unpaired) electrons. The average Bonchev–Trinajstić information content (AvgIpc) is 2.82. The number of azo groups is 1. The molecule has 0 atom stereocenters. The van der Waals surface area contributed by atoms with Crippen LogP contribution in [0, 0.1) is 5.82 Å². The van der Waals surface area contributed by atoms with Crippen molar-refractivity contribution in [3.05, 3.63) is 42.5 Å². The Bertz CT molecular complexity index is 475. The lowest BCUT2D eigenvalue weighted by Gasteiger charge is -2.33. The van der Waals surface area contributed by atoms with Crippen LogP contribution < -0.4 is 0 Å². The van der Waals surface area contributed by atoms with Crippen molar-refractivity contribution < 1.29 is 4.39 Å². The van der Waals surface area contributed by atoms with Crippen molar-refractivity contribution in [1.82, 2.24) is 9.80 Å². The number of nitrogens with zero attached hydrogens (tertiary/aromatic N) is 4. The van der Waals surface area contributed by atoms with Crippen molar-refractivity contribution in [2.24, 2.45) is 10.2 Å². The molecular formula is C15H21FN4. The van der Waals surface area contributed by atoms with Crippen molar-refractivity contribution in [3.63, 3.8) is 0 Å². The van der Waals surface area contributed by atoms with Crippen molar-refractivity contribution in [2.45, 2.75) is 46.1 Å². The van der Waals surface area contributed by atoms with Gasteiger partial charge in [-0.25, -0.2) is 4.39 Å². The molecule has 1 aromatic rings. The minimum atomic E-state index is -0.265. The van der Waals surface area contributed by atoms with E-state index in [1.807, 2.05) is 12.4 Å². The lowest BCUT2D eigenvalue weighted by atomic mass is 10.3. The molecule has 0 saturated heterocycles. The smallest absolute Gasteiger partial charge is 0.218 e. The predicted molar refractivity (Wildman–Crippen MR) is 77.8 cm³/mol. The molecule has 0 fully saturated rings. The Balaban J connectivity index is 2.17. The SMILES string of the molecule is CC(C)N1C=CN(C(C)C)C1N=Nc1ccc(F)cc1.